The number of rotatable bonds is 8. The van der Waals surface area contributed by atoms with Crippen molar-refractivity contribution in [2.75, 3.05) is 0 Å². The van der Waals surface area contributed by atoms with Gasteiger partial charge >= 0.3 is 0 Å². The summed E-state index contributed by atoms with van der Waals surface area (Å²) >= 11 is 0. The van der Waals surface area contributed by atoms with E-state index in [1.807, 2.05) is 91.0 Å². The summed E-state index contributed by atoms with van der Waals surface area (Å²) in [6.45, 7) is 0. The highest BCUT2D eigenvalue weighted by atomic mass is 15.1. The van der Waals surface area contributed by atoms with Crippen LogP contribution in [-0.4, -0.2) is 24.1 Å². The summed E-state index contributed by atoms with van der Waals surface area (Å²) in [5.41, 5.74) is 15.2. The third kappa shape index (κ3) is 7.42. The molecule has 13 rings (SSSR count). The second-order valence-electron chi connectivity index (χ2n) is 18.2. The Balaban J connectivity index is 1.14. The summed E-state index contributed by atoms with van der Waals surface area (Å²) < 4.78 is 4.58. The largest absolute Gasteiger partial charge is 0.309 e. The fourth-order valence-corrected chi connectivity index (χ4v) is 10.4. The summed E-state index contributed by atoms with van der Waals surface area (Å²) in [6.07, 6.45) is 0. The van der Waals surface area contributed by atoms with Gasteiger partial charge in [0.05, 0.1) is 68.3 Å². The molecule has 0 saturated carbocycles. The molecule has 74 heavy (non-hydrogen) atoms. The topological polar surface area (TPSA) is 120 Å². The Morgan fingerprint density at radius 3 is 1.05 bits per heavy atom. The molecule has 8 nitrogen and oxygen atoms in total. The highest BCUT2D eigenvalue weighted by molar-refractivity contribution is 6.11. The van der Waals surface area contributed by atoms with Crippen molar-refractivity contribution in [2.24, 2.45) is 0 Å². The molecule has 342 valence electrons. The van der Waals surface area contributed by atoms with Crippen molar-refractivity contribution in [1.29, 1.82) is 15.8 Å². The third-order valence-electron chi connectivity index (χ3n) is 13.9. The summed E-state index contributed by atoms with van der Waals surface area (Å²) in [5, 5.41) is 34.1. The van der Waals surface area contributed by atoms with Crippen molar-refractivity contribution >= 4 is 43.6 Å². The molecule has 0 saturated heterocycles. The van der Waals surface area contributed by atoms with Crippen molar-refractivity contribution in [3.8, 4) is 97.1 Å². The van der Waals surface area contributed by atoms with Crippen molar-refractivity contribution in [3.05, 3.63) is 247 Å². The first-order valence-electron chi connectivity index (χ1n) is 24.2. The van der Waals surface area contributed by atoms with E-state index >= 15 is 0 Å². The first-order chi connectivity index (χ1) is 36.5. The molecule has 0 aliphatic heterocycles. The van der Waals surface area contributed by atoms with Crippen molar-refractivity contribution in [2.45, 2.75) is 0 Å². The maximum Gasteiger partial charge on any atom is 0.166 e. The first kappa shape index (κ1) is 43.3. The number of nitrogens with zero attached hydrogens (tertiary/aromatic N) is 8. The standard InChI is InChI=1S/C66H38N8/c67-39-42-26-28-45(29-27-42)48-16-11-17-51(36-48)64-70-65(56-37-49(46-14-9-12-43(34-46)40-68)30-32-62(56)73-58-22-5-1-18-52(58)53-19-2-6-23-59(53)73)72-66(71-64)57-38-50(47-15-10-13-44(35-47)41-69)31-33-63(57)74-60-24-7-3-20-54(60)55-21-4-8-25-61(55)74/h1-38H. The van der Waals surface area contributed by atoms with Crippen LogP contribution in [0.3, 0.4) is 0 Å². The number of para-hydroxylation sites is 4. The van der Waals surface area contributed by atoms with Gasteiger partial charge in [0.25, 0.3) is 0 Å². The quantitative estimate of drug-likeness (QED) is 0.150. The van der Waals surface area contributed by atoms with E-state index in [-0.39, 0.29) is 0 Å². The number of hydrogen-bond donors (Lipinski definition) is 0. The zero-order valence-electron chi connectivity index (χ0n) is 39.5. The van der Waals surface area contributed by atoms with Gasteiger partial charge in [-0.15, -0.1) is 0 Å². The lowest BCUT2D eigenvalue weighted by Crippen LogP contribution is -2.06. The fourth-order valence-electron chi connectivity index (χ4n) is 10.4. The van der Waals surface area contributed by atoms with E-state index in [0.717, 1.165) is 105 Å². The van der Waals surface area contributed by atoms with Crippen LogP contribution in [0.25, 0.3) is 123 Å². The Morgan fingerprint density at radius 2 is 0.622 bits per heavy atom. The zero-order chi connectivity index (χ0) is 49.7. The van der Waals surface area contributed by atoms with E-state index in [4.69, 9.17) is 15.0 Å². The van der Waals surface area contributed by atoms with Gasteiger partial charge in [0, 0.05) is 38.2 Å². The number of fused-ring (bicyclic) bond motifs is 6. The first-order valence-corrected chi connectivity index (χ1v) is 24.2. The lowest BCUT2D eigenvalue weighted by atomic mass is 9.98. The van der Waals surface area contributed by atoms with Crippen LogP contribution in [-0.2, 0) is 0 Å². The normalized spacial score (nSPS) is 11.2. The van der Waals surface area contributed by atoms with Gasteiger partial charge in [-0.05, 0) is 124 Å². The minimum atomic E-state index is 0.439. The van der Waals surface area contributed by atoms with Crippen LogP contribution >= 0.6 is 0 Å². The Kier molecular flexibility index (Phi) is 10.5. The van der Waals surface area contributed by atoms with E-state index in [2.05, 4.69) is 167 Å². The maximum absolute atomic E-state index is 10.0. The van der Waals surface area contributed by atoms with Crippen LogP contribution < -0.4 is 0 Å². The molecule has 0 spiro atoms. The van der Waals surface area contributed by atoms with Gasteiger partial charge in [-0.2, -0.15) is 15.8 Å². The molecule has 0 unspecified atom stereocenters. The van der Waals surface area contributed by atoms with E-state index in [0.29, 0.717) is 34.2 Å². The molecule has 0 bridgehead atoms. The lowest BCUT2D eigenvalue weighted by Gasteiger charge is -2.18. The molecular weight excluding hydrogens is 905 g/mol. The minimum Gasteiger partial charge on any atom is -0.309 e. The fraction of sp³-hybridized carbons (Fsp3) is 0. The van der Waals surface area contributed by atoms with E-state index in [9.17, 15) is 15.8 Å². The van der Waals surface area contributed by atoms with E-state index < -0.39 is 0 Å². The predicted molar refractivity (Wildman–Crippen MR) is 295 cm³/mol. The summed E-state index contributed by atoms with van der Waals surface area (Å²) in [5.74, 6) is 1.33. The summed E-state index contributed by atoms with van der Waals surface area (Å²) in [7, 11) is 0. The smallest absolute Gasteiger partial charge is 0.166 e. The van der Waals surface area contributed by atoms with Crippen molar-refractivity contribution in [1.82, 2.24) is 24.1 Å². The monoisotopic (exact) mass is 942 g/mol. The molecule has 3 aromatic heterocycles. The predicted octanol–water partition coefficient (Wildman–Crippen LogP) is 15.7. The molecule has 8 heteroatoms. The summed E-state index contributed by atoms with van der Waals surface area (Å²) in [6, 6.07) is 84.4. The van der Waals surface area contributed by atoms with E-state index in [1.54, 1.807) is 0 Å². The second-order valence-corrected chi connectivity index (χ2v) is 18.2. The Labute approximate surface area is 425 Å². The highest BCUT2D eigenvalue weighted by Crippen LogP contribution is 2.41. The van der Waals surface area contributed by atoms with Crippen LogP contribution in [0.5, 0.6) is 0 Å². The number of nitriles is 3. The molecule has 0 amide bonds. The summed E-state index contributed by atoms with van der Waals surface area (Å²) in [4.78, 5) is 16.6. The van der Waals surface area contributed by atoms with Crippen LogP contribution in [0.15, 0.2) is 231 Å². The number of hydrogen-bond acceptors (Lipinski definition) is 6. The molecule has 0 aliphatic rings. The molecule has 10 aromatic carbocycles. The van der Waals surface area contributed by atoms with Crippen LogP contribution in [0, 0.1) is 34.0 Å². The molecule has 3 heterocycles. The van der Waals surface area contributed by atoms with Gasteiger partial charge in [-0.25, -0.2) is 15.0 Å². The Hall–Kier alpha value is -10.7. The van der Waals surface area contributed by atoms with Gasteiger partial charge in [0.15, 0.2) is 17.5 Å². The highest BCUT2D eigenvalue weighted by Gasteiger charge is 2.24. The van der Waals surface area contributed by atoms with Gasteiger partial charge < -0.3 is 9.13 Å². The molecule has 0 N–H and O–H groups in total. The maximum atomic E-state index is 10.0. The van der Waals surface area contributed by atoms with Crippen LogP contribution in [0.4, 0.5) is 0 Å². The van der Waals surface area contributed by atoms with Crippen LogP contribution in [0.1, 0.15) is 16.7 Å². The molecule has 13 aromatic rings. The molecule has 0 atom stereocenters. The lowest BCUT2D eigenvalue weighted by molar-refractivity contribution is 1.06. The van der Waals surface area contributed by atoms with Gasteiger partial charge in [0.2, 0.25) is 0 Å². The molecule has 0 radical (unpaired) electrons. The van der Waals surface area contributed by atoms with Gasteiger partial charge in [0.1, 0.15) is 0 Å². The average Bonchev–Trinajstić information content (AvgIpc) is 4.00. The van der Waals surface area contributed by atoms with Gasteiger partial charge in [-0.1, -0.05) is 140 Å². The molecular formula is C66H38N8. The van der Waals surface area contributed by atoms with Gasteiger partial charge in [-0.3, -0.25) is 0 Å². The molecule has 0 aliphatic carbocycles. The SMILES string of the molecule is N#Cc1ccc(-c2cccc(-c3nc(-c4cc(-c5cccc(C#N)c5)ccc4-n4c5ccccc5c5ccccc54)nc(-c4cc(-c5cccc(C#N)c5)ccc4-n4c5ccccc5c5ccccc54)n3)c2)cc1. The van der Waals surface area contributed by atoms with Crippen LogP contribution in [0.2, 0.25) is 0 Å². The number of aromatic nitrogens is 5. The van der Waals surface area contributed by atoms with E-state index in [1.165, 1.54) is 0 Å². The average molecular weight is 943 g/mol. The van der Waals surface area contributed by atoms with Crippen molar-refractivity contribution < 1.29 is 0 Å². The zero-order valence-corrected chi connectivity index (χ0v) is 39.5. The third-order valence-corrected chi connectivity index (χ3v) is 13.9. The number of benzene rings is 10. The Bertz CT molecular complexity index is 4190. The second kappa shape index (κ2) is 17.9. The van der Waals surface area contributed by atoms with Crippen molar-refractivity contribution in [3.63, 3.8) is 0 Å². The Morgan fingerprint density at radius 1 is 0.270 bits per heavy atom. The minimum absolute atomic E-state index is 0.439. The molecule has 0 fully saturated rings.